The molecule has 3 N–H and O–H groups in total. The third-order valence-electron chi connectivity index (χ3n) is 5.03. The Kier molecular flexibility index (Phi) is 5.65. The van der Waals surface area contributed by atoms with Gasteiger partial charge in [0.2, 0.25) is 0 Å². The molecule has 0 bridgehead atoms. The normalized spacial score (nSPS) is 13.0. The molecule has 0 radical (unpaired) electrons. The first-order chi connectivity index (χ1) is 14.8. The Hall–Kier alpha value is -3.02. The number of rotatable bonds is 7. The van der Waals surface area contributed by atoms with Crippen molar-refractivity contribution in [2.24, 2.45) is 0 Å². The van der Waals surface area contributed by atoms with Crippen molar-refractivity contribution in [1.82, 2.24) is 28.8 Å². The molecular formula is C20H22N6O3S2. The molecule has 0 saturated heterocycles. The Morgan fingerprint density at radius 1 is 1.23 bits per heavy atom. The summed E-state index contributed by atoms with van der Waals surface area (Å²) in [6.45, 7) is 4.64. The number of aromatic nitrogens is 5. The summed E-state index contributed by atoms with van der Waals surface area (Å²) in [5.41, 5.74) is 2.14. The van der Waals surface area contributed by atoms with Crippen molar-refractivity contribution in [3.8, 4) is 0 Å². The second kappa shape index (κ2) is 8.25. The highest BCUT2D eigenvalue weighted by Gasteiger charge is 2.19. The molecule has 1 atom stereocenters. The zero-order chi connectivity index (χ0) is 22.2. The number of hydrogen-bond donors (Lipinski definition) is 3. The summed E-state index contributed by atoms with van der Waals surface area (Å²) >= 11 is 5.29. The van der Waals surface area contributed by atoms with Crippen molar-refractivity contribution in [2.45, 2.75) is 37.9 Å². The third-order valence-corrected chi connectivity index (χ3v) is 7.09. The standard InChI is InChI=1S/C20H22N6O3S2/c1-13-5-7-16(8-6-13)31(28,29)26-9-3-4-15(26)10-21-14(2)11-25-18-17(22-12-23-18)19(27)24-20(25)30/h3-9,12,14,21H,10-11H2,1-2H3,(H,22,23)(H,24,27,30). The van der Waals surface area contributed by atoms with Crippen LogP contribution in [0.1, 0.15) is 18.2 Å². The van der Waals surface area contributed by atoms with Gasteiger partial charge in [-0.05, 0) is 50.3 Å². The molecule has 0 aliphatic heterocycles. The highest BCUT2D eigenvalue weighted by molar-refractivity contribution is 7.90. The van der Waals surface area contributed by atoms with E-state index in [1.54, 1.807) is 47.2 Å². The number of benzene rings is 1. The van der Waals surface area contributed by atoms with Crippen LogP contribution in [0.5, 0.6) is 0 Å². The van der Waals surface area contributed by atoms with Crippen LogP contribution in [0.3, 0.4) is 0 Å². The van der Waals surface area contributed by atoms with Crippen LogP contribution in [0.4, 0.5) is 0 Å². The maximum atomic E-state index is 13.0. The van der Waals surface area contributed by atoms with Gasteiger partial charge in [0.05, 0.1) is 11.2 Å². The van der Waals surface area contributed by atoms with Crippen LogP contribution in [0, 0.1) is 11.7 Å². The fourth-order valence-electron chi connectivity index (χ4n) is 3.37. The van der Waals surface area contributed by atoms with Gasteiger partial charge in [0.15, 0.2) is 10.4 Å². The maximum absolute atomic E-state index is 13.0. The fraction of sp³-hybridized carbons (Fsp3) is 0.250. The first-order valence-electron chi connectivity index (χ1n) is 9.65. The lowest BCUT2D eigenvalue weighted by atomic mass is 10.2. The van der Waals surface area contributed by atoms with E-state index in [1.807, 2.05) is 13.8 Å². The summed E-state index contributed by atoms with van der Waals surface area (Å²) in [5.74, 6) is 0. The van der Waals surface area contributed by atoms with E-state index in [4.69, 9.17) is 12.2 Å². The summed E-state index contributed by atoms with van der Waals surface area (Å²) in [4.78, 5) is 21.9. The van der Waals surface area contributed by atoms with E-state index >= 15 is 0 Å². The van der Waals surface area contributed by atoms with E-state index in [0.717, 1.165) is 5.56 Å². The van der Waals surface area contributed by atoms with Crippen LogP contribution in [-0.2, 0) is 23.1 Å². The third kappa shape index (κ3) is 4.11. The minimum Gasteiger partial charge on any atom is -0.339 e. The smallest absolute Gasteiger partial charge is 0.277 e. The van der Waals surface area contributed by atoms with Gasteiger partial charge in [-0.15, -0.1) is 0 Å². The Morgan fingerprint density at radius 2 is 1.97 bits per heavy atom. The minimum absolute atomic E-state index is 0.0806. The Balaban J connectivity index is 1.52. The molecule has 0 saturated carbocycles. The second-order valence-electron chi connectivity index (χ2n) is 7.37. The number of nitrogens with one attached hydrogen (secondary N) is 3. The number of nitrogens with zero attached hydrogens (tertiary/aromatic N) is 3. The molecular weight excluding hydrogens is 436 g/mol. The van der Waals surface area contributed by atoms with Crippen molar-refractivity contribution in [3.05, 3.63) is 75.3 Å². The molecule has 9 nitrogen and oxygen atoms in total. The number of aryl methyl sites for hydroxylation is 1. The van der Waals surface area contributed by atoms with Crippen LogP contribution < -0.4 is 10.9 Å². The van der Waals surface area contributed by atoms with Crippen molar-refractivity contribution in [2.75, 3.05) is 0 Å². The Morgan fingerprint density at radius 3 is 2.71 bits per heavy atom. The van der Waals surface area contributed by atoms with Crippen molar-refractivity contribution >= 4 is 33.4 Å². The van der Waals surface area contributed by atoms with Gasteiger partial charge < -0.3 is 10.3 Å². The Labute approximate surface area is 183 Å². The van der Waals surface area contributed by atoms with Crippen molar-refractivity contribution in [1.29, 1.82) is 0 Å². The predicted octanol–water partition coefficient (Wildman–Crippen LogP) is 2.31. The first-order valence-corrected chi connectivity index (χ1v) is 11.5. The monoisotopic (exact) mass is 458 g/mol. The first kappa shape index (κ1) is 21.2. The van der Waals surface area contributed by atoms with Crippen molar-refractivity contribution in [3.63, 3.8) is 0 Å². The zero-order valence-electron chi connectivity index (χ0n) is 17.0. The topological polar surface area (TPSA) is 118 Å². The molecule has 0 amide bonds. The lowest BCUT2D eigenvalue weighted by Crippen LogP contribution is -2.32. The average molecular weight is 459 g/mol. The minimum atomic E-state index is -3.68. The van der Waals surface area contributed by atoms with E-state index in [-0.39, 0.29) is 21.3 Å². The predicted molar refractivity (Wildman–Crippen MR) is 120 cm³/mol. The van der Waals surface area contributed by atoms with Crippen molar-refractivity contribution < 1.29 is 8.42 Å². The summed E-state index contributed by atoms with van der Waals surface area (Å²) in [5, 5.41) is 3.32. The van der Waals surface area contributed by atoms with Gasteiger partial charge in [0, 0.05) is 31.0 Å². The van der Waals surface area contributed by atoms with E-state index in [9.17, 15) is 13.2 Å². The molecule has 4 rings (SSSR count). The molecule has 0 aliphatic carbocycles. The van der Waals surface area contributed by atoms with E-state index in [1.165, 1.54) is 10.3 Å². The molecule has 0 aliphatic rings. The van der Waals surface area contributed by atoms with Crippen LogP contribution in [-0.4, -0.2) is 38.0 Å². The SMILES string of the molecule is Cc1ccc(S(=O)(=O)n2cccc2CNC(C)Cn2c(=S)[nH]c(=O)c3[nH]cnc32)cc1. The largest absolute Gasteiger partial charge is 0.339 e. The number of hydrogen-bond acceptors (Lipinski definition) is 6. The summed E-state index contributed by atoms with van der Waals surface area (Å²) in [6, 6.07) is 10.2. The van der Waals surface area contributed by atoms with Crippen LogP contribution in [0.15, 0.2) is 58.6 Å². The van der Waals surface area contributed by atoms with Gasteiger partial charge in [-0.2, -0.15) is 0 Å². The molecule has 31 heavy (non-hydrogen) atoms. The highest BCUT2D eigenvalue weighted by Crippen LogP contribution is 2.17. The van der Waals surface area contributed by atoms with Crippen LogP contribution in [0.2, 0.25) is 0 Å². The van der Waals surface area contributed by atoms with E-state index in [0.29, 0.717) is 29.9 Å². The van der Waals surface area contributed by atoms with Crippen LogP contribution >= 0.6 is 12.2 Å². The van der Waals surface area contributed by atoms with Gasteiger partial charge in [-0.25, -0.2) is 17.4 Å². The van der Waals surface area contributed by atoms with Gasteiger partial charge in [-0.1, -0.05) is 17.7 Å². The summed E-state index contributed by atoms with van der Waals surface area (Å²) < 4.78 is 29.4. The van der Waals surface area contributed by atoms with Gasteiger partial charge in [0.25, 0.3) is 15.6 Å². The lowest BCUT2D eigenvalue weighted by molar-refractivity contribution is 0.471. The number of imidazole rings is 1. The molecule has 0 fully saturated rings. The van der Waals surface area contributed by atoms with Gasteiger partial charge in [0.1, 0.15) is 5.52 Å². The Bertz CT molecular complexity index is 1440. The molecule has 1 unspecified atom stereocenters. The highest BCUT2D eigenvalue weighted by atomic mass is 32.2. The average Bonchev–Trinajstić information content (AvgIpc) is 3.40. The molecule has 162 valence electrons. The quantitative estimate of drug-likeness (QED) is 0.366. The molecule has 4 aromatic rings. The van der Waals surface area contributed by atoms with E-state index < -0.39 is 10.0 Å². The number of aromatic amines is 2. The summed E-state index contributed by atoms with van der Waals surface area (Å²) in [7, 11) is -3.68. The molecule has 3 heterocycles. The molecule has 1 aromatic carbocycles. The maximum Gasteiger partial charge on any atom is 0.277 e. The summed E-state index contributed by atoms with van der Waals surface area (Å²) in [6.07, 6.45) is 2.99. The second-order valence-corrected chi connectivity index (χ2v) is 9.57. The number of H-pyrrole nitrogens is 2. The molecule has 0 spiro atoms. The van der Waals surface area contributed by atoms with Gasteiger partial charge in [-0.3, -0.25) is 14.3 Å². The van der Waals surface area contributed by atoms with Crippen LogP contribution in [0.25, 0.3) is 11.2 Å². The fourth-order valence-corrected chi connectivity index (χ4v) is 4.99. The van der Waals surface area contributed by atoms with Gasteiger partial charge >= 0.3 is 0 Å². The lowest BCUT2D eigenvalue weighted by Gasteiger charge is -2.17. The molecule has 11 heteroatoms. The van der Waals surface area contributed by atoms with E-state index in [2.05, 4.69) is 20.3 Å². The zero-order valence-corrected chi connectivity index (χ0v) is 18.6. The molecule has 3 aromatic heterocycles. The number of fused-ring (bicyclic) bond motifs is 1.